The summed E-state index contributed by atoms with van der Waals surface area (Å²) in [6.45, 7) is 0.283. The highest BCUT2D eigenvalue weighted by atomic mass is 35.5. The van der Waals surface area contributed by atoms with E-state index in [1.54, 1.807) is 42.5 Å². The topological polar surface area (TPSA) is 59.9 Å². The summed E-state index contributed by atoms with van der Waals surface area (Å²) in [5, 5.41) is 4.64. The van der Waals surface area contributed by atoms with E-state index in [2.05, 4.69) is 10.5 Å². The van der Waals surface area contributed by atoms with E-state index in [-0.39, 0.29) is 24.1 Å². The minimum absolute atomic E-state index is 0.220. The zero-order valence-corrected chi connectivity index (χ0v) is 18.3. The van der Waals surface area contributed by atoms with Gasteiger partial charge in [-0.2, -0.15) is 5.10 Å². The van der Waals surface area contributed by atoms with Gasteiger partial charge in [-0.25, -0.2) is 9.82 Å². The second-order valence-electron chi connectivity index (χ2n) is 6.36. The van der Waals surface area contributed by atoms with Crippen molar-refractivity contribution in [2.45, 2.75) is 11.5 Å². The van der Waals surface area contributed by atoms with E-state index in [1.807, 2.05) is 12.1 Å². The molecule has 0 atom stereocenters. The van der Waals surface area contributed by atoms with Gasteiger partial charge in [0.15, 0.2) is 11.5 Å². The Bertz CT molecular complexity index is 1040. The monoisotopic (exact) mass is 458 g/mol. The SMILES string of the molecule is COc1cc(/C=N\NC(=O)CSc2ccc(Cl)cc2)ccc1OCc1ccc(F)cc1. The lowest BCUT2D eigenvalue weighted by Gasteiger charge is -2.11. The van der Waals surface area contributed by atoms with Gasteiger partial charge in [-0.05, 0) is 65.7 Å². The second-order valence-corrected chi connectivity index (χ2v) is 7.85. The van der Waals surface area contributed by atoms with Gasteiger partial charge in [0.1, 0.15) is 12.4 Å². The maximum absolute atomic E-state index is 13.0. The Morgan fingerprint density at radius 2 is 1.84 bits per heavy atom. The lowest BCUT2D eigenvalue weighted by Crippen LogP contribution is -2.19. The molecule has 0 aliphatic rings. The van der Waals surface area contributed by atoms with Gasteiger partial charge in [0, 0.05) is 9.92 Å². The third-order valence-electron chi connectivity index (χ3n) is 4.08. The van der Waals surface area contributed by atoms with Crippen LogP contribution in [0.2, 0.25) is 5.02 Å². The minimum atomic E-state index is -0.291. The number of rotatable bonds is 9. The Hall–Kier alpha value is -3.03. The van der Waals surface area contributed by atoms with Crippen LogP contribution in [0.5, 0.6) is 11.5 Å². The maximum Gasteiger partial charge on any atom is 0.250 e. The van der Waals surface area contributed by atoms with Crippen LogP contribution in [0, 0.1) is 5.82 Å². The van der Waals surface area contributed by atoms with E-state index >= 15 is 0 Å². The third-order valence-corrected chi connectivity index (χ3v) is 5.35. The molecule has 0 heterocycles. The van der Waals surface area contributed by atoms with Crippen LogP contribution >= 0.6 is 23.4 Å². The number of hydrazone groups is 1. The van der Waals surface area contributed by atoms with Gasteiger partial charge in [-0.3, -0.25) is 4.79 Å². The number of nitrogens with zero attached hydrogens (tertiary/aromatic N) is 1. The van der Waals surface area contributed by atoms with Crippen LogP contribution in [0.1, 0.15) is 11.1 Å². The highest BCUT2D eigenvalue weighted by Gasteiger charge is 2.06. The van der Waals surface area contributed by atoms with Crippen LogP contribution in [0.25, 0.3) is 0 Å². The summed E-state index contributed by atoms with van der Waals surface area (Å²) in [4.78, 5) is 12.9. The third kappa shape index (κ3) is 7.31. The summed E-state index contributed by atoms with van der Waals surface area (Å²) < 4.78 is 24.1. The molecule has 3 rings (SSSR count). The second kappa shape index (κ2) is 11.4. The maximum atomic E-state index is 13.0. The number of benzene rings is 3. The van der Waals surface area contributed by atoms with Crippen molar-refractivity contribution in [3.8, 4) is 11.5 Å². The van der Waals surface area contributed by atoms with Crippen molar-refractivity contribution < 1.29 is 18.7 Å². The van der Waals surface area contributed by atoms with Crippen LogP contribution < -0.4 is 14.9 Å². The molecule has 0 unspecified atom stereocenters. The van der Waals surface area contributed by atoms with Crippen molar-refractivity contribution in [2.75, 3.05) is 12.9 Å². The van der Waals surface area contributed by atoms with Crippen LogP contribution in [0.3, 0.4) is 0 Å². The summed E-state index contributed by atoms with van der Waals surface area (Å²) in [6.07, 6.45) is 1.52. The lowest BCUT2D eigenvalue weighted by molar-refractivity contribution is -0.118. The van der Waals surface area contributed by atoms with Gasteiger partial charge >= 0.3 is 0 Å². The molecular formula is C23H20ClFN2O3S. The standard InChI is InChI=1S/C23H20ClFN2O3S/c1-29-22-12-17(4-11-21(22)30-14-16-2-7-19(25)8-3-16)13-26-27-23(28)15-31-20-9-5-18(24)6-10-20/h2-13H,14-15H2,1H3,(H,27,28)/b26-13-. The quantitative estimate of drug-likeness (QED) is 0.268. The van der Waals surface area contributed by atoms with Gasteiger partial charge < -0.3 is 9.47 Å². The molecule has 0 saturated carbocycles. The molecule has 0 radical (unpaired) electrons. The Morgan fingerprint density at radius 3 is 2.55 bits per heavy atom. The summed E-state index contributed by atoms with van der Waals surface area (Å²) in [5.74, 6) is 0.796. The van der Waals surface area contributed by atoms with E-state index in [9.17, 15) is 9.18 Å². The summed E-state index contributed by atoms with van der Waals surface area (Å²) in [6, 6.07) is 18.7. The molecule has 0 aliphatic heterocycles. The van der Waals surface area contributed by atoms with Crippen molar-refractivity contribution in [1.82, 2.24) is 5.43 Å². The van der Waals surface area contributed by atoms with Gasteiger partial charge in [0.05, 0.1) is 19.1 Å². The average molecular weight is 459 g/mol. The molecule has 0 saturated heterocycles. The molecule has 0 aromatic heterocycles. The Labute approximate surface area is 189 Å². The molecule has 8 heteroatoms. The van der Waals surface area contributed by atoms with Gasteiger partial charge in [0.2, 0.25) is 5.91 Å². The Balaban J connectivity index is 1.51. The van der Waals surface area contributed by atoms with Crippen molar-refractivity contribution in [3.63, 3.8) is 0 Å². The number of hydrogen-bond acceptors (Lipinski definition) is 5. The zero-order chi connectivity index (χ0) is 22.1. The molecule has 31 heavy (non-hydrogen) atoms. The van der Waals surface area contributed by atoms with Gasteiger partial charge in [-0.1, -0.05) is 23.7 Å². The fourth-order valence-corrected chi connectivity index (χ4v) is 3.33. The van der Waals surface area contributed by atoms with Crippen molar-refractivity contribution >= 4 is 35.5 Å². The smallest absolute Gasteiger partial charge is 0.250 e. The van der Waals surface area contributed by atoms with Crippen LogP contribution in [0.15, 0.2) is 76.7 Å². The number of ether oxygens (including phenoxy) is 2. The molecule has 1 amide bonds. The number of thioether (sulfide) groups is 1. The molecule has 0 spiro atoms. The molecule has 1 N–H and O–H groups in total. The number of hydrogen-bond donors (Lipinski definition) is 1. The molecule has 5 nitrogen and oxygen atoms in total. The van der Waals surface area contributed by atoms with Crippen LogP contribution in [-0.4, -0.2) is 25.0 Å². The zero-order valence-electron chi connectivity index (χ0n) is 16.7. The van der Waals surface area contributed by atoms with E-state index in [4.69, 9.17) is 21.1 Å². The summed E-state index contributed by atoms with van der Waals surface area (Å²) in [7, 11) is 1.54. The van der Waals surface area contributed by atoms with E-state index in [1.165, 1.54) is 37.2 Å². The van der Waals surface area contributed by atoms with E-state index < -0.39 is 0 Å². The van der Waals surface area contributed by atoms with Crippen molar-refractivity contribution in [1.29, 1.82) is 0 Å². The van der Waals surface area contributed by atoms with Gasteiger partial charge in [0.25, 0.3) is 0 Å². The predicted molar refractivity (Wildman–Crippen MR) is 122 cm³/mol. The highest BCUT2D eigenvalue weighted by Crippen LogP contribution is 2.28. The fourth-order valence-electron chi connectivity index (χ4n) is 2.52. The lowest BCUT2D eigenvalue weighted by atomic mass is 10.2. The highest BCUT2D eigenvalue weighted by molar-refractivity contribution is 8.00. The Kier molecular flexibility index (Phi) is 8.32. The number of carbonyl (C=O) groups is 1. The number of halogens is 2. The first-order chi connectivity index (χ1) is 15.0. The molecule has 0 bridgehead atoms. The molecular weight excluding hydrogens is 439 g/mol. The minimum Gasteiger partial charge on any atom is -0.493 e. The Morgan fingerprint density at radius 1 is 1.10 bits per heavy atom. The molecule has 3 aromatic rings. The first-order valence-corrected chi connectivity index (χ1v) is 10.7. The number of methoxy groups -OCH3 is 1. The molecule has 3 aromatic carbocycles. The summed E-state index contributed by atoms with van der Waals surface area (Å²) >= 11 is 7.24. The number of amides is 1. The number of nitrogens with one attached hydrogen (secondary N) is 1. The van der Waals surface area contributed by atoms with Crippen molar-refractivity contribution in [2.24, 2.45) is 5.10 Å². The largest absolute Gasteiger partial charge is 0.493 e. The first-order valence-electron chi connectivity index (χ1n) is 9.29. The fraction of sp³-hybridized carbons (Fsp3) is 0.130. The average Bonchev–Trinajstić information content (AvgIpc) is 2.78. The first kappa shape index (κ1) is 22.7. The van der Waals surface area contributed by atoms with Gasteiger partial charge in [-0.15, -0.1) is 11.8 Å². The molecule has 0 fully saturated rings. The van der Waals surface area contributed by atoms with Crippen LogP contribution in [-0.2, 0) is 11.4 Å². The van der Waals surface area contributed by atoms with Crippen molar-refractivity contribution in [3.05, 3.63) is 88.7 Å². The summed E-state index contributed by atoms with van der Waals surface area (Å²) in [5.41, 5.74) is 4.07. The molecule has 0 aliphatic carbocycles. The molecule has 160 valence electrons. The van der Waals surface area contributed by atoms with Crippen LogP contribution in [0.4, 0.5) is 4.39 Å². The van der Waals surface area contributed by atoms with E-state index in [0.29, 0.717) is 16.5 Å². The predicted octanol–water partition coefficient (Wildman–Crippen LogP) is 5.31. The normalized spacial score (nSPS) is 10.8. The number of carbonyl (C=O) groups excluding carboxylic acids is 1. The van der Waals surface area contributed by atoms with E-state index in [0.717, 1.165) is 16.0 Å².